The maximum Gasteiger partial charge on any atom is 0.412 e. The van der Waals surface area contributed by atoms with Gasteiger partial charge < -0.3 is 19.7 Å². The highest BCUT2D eigenvalue weighted by atomic mass is 16.6. The van der Waals surface area contributed by atoms with Crippen LogP contribution in [0.3, 0.4) is 0 Å². The molecule has 3 rings (SSSR count). The first-order valence-electron chi connectivity index (χ1n) is 9.87. The van der Waals surface area contributed by atoms with Crippen LogP contribution in [0.5, 0.6) is 11.5 Å². The molecule has 7 nitrogen and oxygen atoms in total. The van der Waals surface area contributed by atoms with Crippen LogP contribution in [0.25, 0.3) is 0 Å². The SMILES string of the molecule is Cc1ccc(NC(=O)O[C@@H](c2ccc(O)cc2)[C@H](/C=C/C(=O)O)Oc2ccccc2)cc1. The average molecular weight is 433 g/mol. The van der Waals surface area contributed by atoms with E-state index in [9.17, 15) is 14.7 Å². The number of hydrogen-bond donors (Lipinski definition) is 3. The zero-order valence-electron chi connectivity index (χ0n) is 17.3. The Morgan fingerprint density at radius 3 is 2.22 bits per heavy atom. The van der Waals surface area contributed by atoms with Crippen molar-refractivity contribution >= 4 is 17.7 Å². The molecule has 3 aromatic rings. The van der Waals surface area contributed by atoms with E-state index in [0.717, 1.165) is 11.6 Å². The lowest BCUT2D eigenvalue weighted by molar-refractivity contribution is -0.131. The van der Waals surface area contributed by atoms with Gasteiger partial charge in [0, 0.05) is 11.8 Å². The van der Waals surface area contributed by atoms with Crippen molar-refractivity contribution < 1.29 is 29.3 Å². The third-order valence-corrected chi connectivity index (χ3v) is 4.50. The van der Waals surface area contributed by atoms with E-state index in [1.54, 1.807) is 48.5 Å². The molecular formula is C25H23NO6. The molecule has 3 aromatic carbocycles. The molecule has 32 heavy (non-hydrogen) atoms. The number of anilines is 1. The molecule has 0 aliphatic rings. The fourth-order valence-electron chi connectivity index (χ4n) is 2.92. The van der Waals surface area contributed by atoms with Crippen LogP contribution in [-0.2, 0) is 9.53 Å². The standard InChI is InChI=1S/C25H23NO6/c1-17-7-11-19(12-8-17)26-25(30)32-24(18-9-13-20(27)14-10-18)22(15-16-23(28)29)31-21-5-3-2-4-6-21/h2-16,22,24,27H,1H3,(H,26,30)(H,28,29)/b16-15+/t22-,24-/m0/s1. The number of rotatable bonds is 8. The minimum Gasteiger partial charge on any atom is -0.508 e. The van der Waals surface area contributed by atoms with Crippen LogP contribution in [0.15, 0.2) is 91.0 Å². The number of phenolic OH excluding ortho intramolecular Hbond substituents is 1. The first-order chi connectivity index (χ1) is 15.4. The lowest BCUT2D eigenvalue weighted by Gasteiger charge is -2.26. The molecular weight excluding hydrogens is 410 g/mol. The number of carbonyl (C=O) groups excluding carboxylic acids is 1. The van der Waals surface area contributed by atoms with Gasteiger partial charge in [-0.15, -0.1) is 0 Å². The smallest absolute Gasteiger partial charge is 0.412 e. The summed E-state index contributed by atoms with van der Waals surface area (Å²) in [6.07, 6.45) is -0.454. The minimum atomic E-state index is -1.17. The number of phenols is 1. The number of carboxylic acids is 1. The van der Waals surface area contributed by atoms with Crippen molar-refractivity contribution in [2.24, 2.45) is 0 Å². The summed E-state index contributed by atoms with van der Waals surface area (Å²) in [6.45, 7) is 1.93. The van der Waals surface area contributed by atoms with Gasteiger partial charge in [0.2, 0.25) is 0 Å². The zero-order valence-corrected chi connectivity index (χ0v) is 17.3. The summed E-state index contributed by atoms with van der Waals surface area (Å²) in [6, 6.07) is 22.0. The van der Waals surface area contributed by atoms with E-state index in [1.165, 1.54) is 18.2 Å². The van der Waals surface area contributed by atoms with Crippen LogP contribution < -0.4 is 10.1 Å². The van der Waals surface area contributed by atoms with Crippen molar-refractivity contribution in [3.8, 4) is 11.5 Å². The van der Waals surface area contributed by atoms with Crippen molar-refractivity contribution in [2.75, 3.05) is 5.32 Å². The Kier molecular flexibility index (Phi) is 7.48. The summed E-state index contributed by atoms with van der Waals surface area (Å²) >= 11 is 0. The lowest BCUT2D eigenvalue weighted by Crippen LogP contribution is -2.29. The summed E-state index contributed by atoms with van der Waals surface area (Å²) in [4.78, 5) is 23.8. The average Bonchev–Trinajstić information content (AvgIpc) is 2.78. The van der Waals surface area contributed by atoms with E-state index < -0.39 is 24.3 Å². The van der Waals surface area contributed by atoms with Gasteiger partial charge in [-0.25, -0.2) is 9.59 Å². The Labute approximate surface area is 185 Å². The van der Waals surface area contributed by atoms with Gasteiger partial charge in [0.1, 0.15) is 11.5 Å². The zero-order chi connectivity index (χ0) is 22.9. The van der Waals surface area contributed by atoms with Gasteiger partial charge in [0.05, 0.1) is 0 Å². The fourth-order valence-corrected chi connectivity index (χ4v) is 2.92. The van der Waals surface area contributed by atoms with Crippen LogP contribution in [0, 0.1) is 6.92 Å². The molecule has 3 N–H and O–H groups in total. The van der Waals surface area contributed by atoms with E-state index in [4.69, 9.17) is 14.6 Å². The van der Waals surface area contributed by atoms with Crippen LogP contribution in [0.4, 0.5) is 10.5 Å². The van der Waals surface area contributed by atoms with Crippen molar-refractivity contribution in [3.05, 3.63) is 102 Å². The van der Waals surface area contributed by atoms with E-state index in [0.29, 0.717) is 17.0 Å². The number of carbonyl (C=O) groups is 2. The number of ether oxygens (including phenoxy) is 2. The molecule has 0 aliphatic carbocycles. The van der Waals surface area contributed by atoms with Crippen molar-refractivity contribution in [1.82, 2.24) is 0 Å². The number of hydrogen-bond acceptors (Lipinski definition) is 5. The topological polar surface area (TPSA) is 105 Å². The number of aromatic hydroxyl groups is 1. The number of aryl methyl sites for hydroxylation is 1. The Bertz CT molecular complexity index is 1060. The van der Waals surface area contributed by atoms with Crippen LogP contribution in [0.2, 0.25) is 0 Å². The summed E-state index contributed by atoms with van der Waals surface area (Å²) in [5, 5.41) is 21.4. The highest BCUT2D eigenvalue weighted by Gasteiger charge is 2.28. The molecule has 0 spiro atoms. The summed E-state index contributed by atoms with van der Waals surface area (Å²) in [5.41, 5.74) is 2.10. The van der Waals surface area contributed by atoms with Crippen molar-refractivity contribution in [3.63, 3.8) is 0 Å². The van der Waals surface area contributed by atoms with Crippen LogP contribution in [-0.4, -0.2) is 28.4 Å². The molecule has 7 heteroatoms. The Hall–Kier alpha value is -4.26. The minimum absolute atomic E-state index is 0.0400. The van der Waals surface area contributed by atoms with Crippen molar-refractivity contribution in [1.29, 1.82) is 0 Å². The molecule has 164 valence electrons. The highest BCUT2D eigenvalue weighted by Crippen LogP contribution is 2.28. The largest absolute Gasteiger partial charge is 0.508 e. The van der Waals surface area contributed by atoms with Gasteiger partial charge in [0.15, 0.2) is 12.2 Å². The molecule has 0 fully saturated rings. The van der Waals surface area contributed by atoms with Gasteiger partial charge in [-0.2, -0.15) is 0 Å². The maximum absolute atomic E-state index is 12.7. The maximum atomic E-state index is 12.7. The molecule has 0 radical (unpaired) electrons. The third-order valence-electron chi connectivity index (χ3n) is 4.50. The molecule has 0 aliphatic heterocycles. The molecule has 0 saturated carbocycles. The van der Waals surface area contributed by atoms with E-state index in [-0.39, 0.29) is 5.75 Å². The second kappa shape index (κ2) is 10.7. The van der Waals surface area contributed by atoms with Crippen LogP contribution >= 0.6 is 0 Å². The monoisotopic (exact) mass is 433 g/mol. The number of aliphatic carboxylic acids is 1. The van der Waals surface area contributed by atoms with Gasteiger partial charge in [-0.05, 0) is 55.0 Å². The normalized spacial score (nSPS) is 12.7. The van der Waals surface area contributed by atoms with E-state index in [1.807, 2.05) is 25.1 Å². The second-order valence-electron chi connectivity index (χ2n) is 7.00. The Balaban J connectivity index is 1.90. The second-order valence-corrected chi connectivity index (χ2v) is 7.00. The Morgan fingerprint density at radius 1 is 0.938 bits per heavy atom. The highest BCUT2D eigenvalue weighted by molar-refractivity contribution is 5.84. The molecule has 0 aromatic heterocycles. The molecule has 0 unspecified atom stereocenters. The summed E-state index contributed by atoms with van der Waals surface area (Å²) in [7, 11) is 0. The molecule has 0 heterocycles. The van der Waals surface area contributed by atoms with Gasteiger partial charge in [-0.3, -0.25) is 5.32 Å². The molecule has 0 saturated heterocycles. The van der Waals surface area contributed by atoms with Gasteiger partial charge in [0.25, 0.3) is 0 Å². The number of para-hydroxylation sites is 1. The fraction of sp³-hybridized carbons (Fsp3) is 0.120. The lowest BCUT2D eigenvalue weighted by atomic mass is 10.0. The summed E-state index contributed by atoms with van der Waals surface area (Å²) in [5.74, 6) is -0.655. The quantitative estimate of drug-likeness (QED) is 0.428. The summed E-state index contributed by atoms with van der Waals surface area (Å²) < 4.78 is 11.6. The molecule has 1 amide bonds. The van der Waals surface area contributed by atoms with Crippen molar-refractivity contribution in [2.45, 2.75) is 19.1 Å². The first-order valence-corrected chi connectivity index (χ1v) is 9.87. The van der Waals surface area contributed by atoms with Gasteiger partial charge >= 0.3 is 12.1 Å². The molecule has 0 bridgehead atoms. The predicted molar refractivity (Wildman–Crippen MR) is 120 cm³/mol. The molecule has 2 atom stereocenters. The van der Waals surface area contributed by atoms with Crippen LogP contribution in [0.1, 0.15) is 17.2 Å². The number of carboxylic acid groups (broad SMARTS) is 1. The number of nitrogens with one attached hydrogen (secondary N) is 1. The number of amides is 1. The van der Waals surface area contributed by atoms with Gasteiger partial charge in [-0.1, -0.05) is 48.0 Å². The Morgan fingerprint density at radius 2 is 1.59 bits per heavy atom. The van der Waals surface area contributed by atoms with E-state index in [2.05, 4.69) is 5.32 Å². The number of benzene rings is 3. The third kappa shape index (κ3) is 6.63. The predicted octanol–water partition coefficient (Wildman–Crippen LogP) is 5.08. The van der Waals surface area contributed by atoms with E-state index >= 15 is 0 Å². The first kappa shape index (κ1) is 22.4.